The van der Waals surface area contributed by atoms with Gasteiger partial charge in [0.15, 0.2) is 0 Å². The lowest BCUT2D eigenvalue weighted by Crippen LogP contribution is -2.35. The number of amides is 2. The highest BCUT2D eigenvalue weighted by molar-refractivity contribution is 14.1. The van der Waals surface area contributed by atoms with E-state index in [9.17, 15) is 14.4 Å². The highest BCUT2D eigenvalue weighted by Gasteiger charge is 2.32. The van der Waals surface area contributed by atoms with Crippen LogP contribution in [0.25, 0.3) is 18.2 Å². The Bertz CT molecular complexity index is 1100. The predicted octanol–water partition coefficient (Wildman–Crippen LogP) is 3.66. The van der Waals surface area contributed by atoms with Crippen molar-refractivity contribution in [1.82, 2.24) is 10.4 Å². The van der Waals surface area contributed by atoms with E-state index in [0.717, 1.165) is 26.1 Å². The second-order valence-electron chi connectivity index (χ2n) is 5.93. The lowest BCUT2D eigenvalue weighted by atomic mass is 10.0. The summed E-state index contributed by atoms with van der Waals surface area (Å²) in [6.45, 7) is 3.40. The van der Waals surface area contributed by atoms with Crippen molar-refractivity contribution in [3.05, 3.63) is 67.0 Å². The zero-order valence-electron chi connectivity index (χ0n) is 13.7. The molecular formula is C19H11BrIN3O3. The maximum Gasteiger partial charge on any atom is 0.282 e. The molecule has 0 unspecified atom stereocenters. The minimum atomic E-state index is -0.446. The Labute approximate surface area is 176 Å². The van der Waals surface area contributed by atoms with Gasteiger partial charge in [-0.2, -0.15) is 0 Å². The van der Waals surface area contributed by atoms with Crippen molar-refractivity contribution in [3.63, 3.8) is 0 Å². The van der Waals surface area contributed by atoms with E-state index in [1.807, 2.05) is 30.4 Å². The highest BCUT2D eigenvalue weighted by Crippen LogP contribution is 2.37. The molecule has 2 N–H and O–H groups in total. The van der Waals surface area contributed by atoms with Crippen LogP contribution in [0.1, 0.15) is 27.3 Å². The second kappa shape index (κ2) is 6.61. The number of rotatable bonds is 1. The maximum absolute atomic E-state index is 11.5. The normalized spacial score (nSPS) is 16.4. The number of anilines is 1. The van der Waals surface area contributed by atoms with Crippen LogP contribution in [0.5, 0.6) is 0 Å². The SMILES string of the molecule is C=C1C(=O)NN(c2ccc(I)cc2)C1=O.O=C1C(Br)=Cc2c3[nH]c1c2C=C3. The number of hydrazine groups is 1. The number of aromatic nitrogens is 1. The molecule has 2 aliphatic carbocycles. The molecule has 0 radical (unpaired) electrons. The number of carbonyl (C=O) groups excluding carboxylic acids is 3. The van der Waals surface area contributed by atoms with E-state index in [-0.39, 0.29) is 11.4 Å². The molecular weight excluding hydrogens is 525 g/mol. The Hall–Kier alpha value is -2.46. The Morgan fingerprint density at radius 2 is 1.74 bits per heavy atom. The topological polar surface area (TPSA) is 82.3 Å². The lowest BCUT2D eigenvalue weighted by Gasteiger charge is -2.14. The van der Waals surface area contributed by atoms with E-state index in [4.69, 9.17) is 0 Å². The Morgan fingerprint density at radius 1 is 1.04 bits per heavy atom. The Kier molecular flexibility index (Phi) is 4.39. The van der Waals surface area contributed by atoms with Crippen molar-refractivity contribution in [3.8, 4) is 0 Å². The summed E-state index contributed by atoms with van der Waals surface area (Å²) in [4.78, 5) is 37.3. The smallest absolute Gasteiger partial charge is 0.282 e. The third-order valence-corrected chi connectivity index (χ3v) is 5.58. The molecule has 27 heavy (non-hydrogen) atoms. The van der Waals surface area contributed by atoms with E-state index in [1.165, 1.54) is 5.01 Å². The first-order chi connectivity index (χ1) is 12.9. The van der Waals surface area contributed by atoms with Crippen LogP contribution >= 0.6 is 38.5 Å². The van der Waals surface area contributed by atoms with Gasteiger partial charge in [0.05, 0.1) is 15.9 Å². The van der Waals surface area contributed by atoms with Crippen LogP contribution in [-0.4, -0.2) is 22.6 Å². The molecule has 1 fully saturated rings. The quantitative estimate of drug-likeness (QED) is 0.283. The summed E-state index contributed by atoms with van der Waals surface area (Å²) in [7, 11) is 0. The fourth-order valence-electron chi connectivity index (χ4n) is 2.89. The number of halogens is 2. The molecule has 1 aromatic carbocycles. The largest absolute Gasteiger partial charge is 0.351 e. The van der Waals surface area contributed by atoms with Crippen molar-refractivity contribution in [2.45, 2.75) is 0 Å². The molecule has 0 atom stereocenters. The van der Waals surface area contributed by atoms with Crippen LogP contribution in [0.2, 0.25) is 0 Å². The summed E-state index contributed by atoms with van der Waals surface area (Å²) in [5.74, 6) is -0.798. The van der Waals surface area contributed by atoms with Crippen molar-refractivity contribution >= 4 is 80.0 Å². The van der Waals surface area contributed by atoms with Crippen LogP contribution in [0.3, 0.4) is 0 Å². The molecule has 1 saturated heterocycles. The van der Waals surface area contributed by atoms with Crippen LogP contribution < -0.4 is 10.4 Å². The predicted molar refractivity (Wildman–Crippen MR) is 115 cm³/mol. The van der Waals surface area contributed by atoms with Gasteiger partial charge in [-0.15, -0.1) is 0 Å². The number of ketones is 1. The number of H-pyrrole nitrogens is 1. The van der Waals surface area contributed by atoms with Gasteiger partial charge >= 0.3 is 0 Å². The van der Waals surface area contributed by atoms with Gasteiger partial charge in [-0.05, 0) is 81.0 Å². The number of Topliss-reactive ketones (excluding diaryl/α,β-unsaturated/α-hetero) is 1. The molecule has 2 amide bonds. The number of allylic oxidation sites excluding steroid dienone is 1. The molecule has 1 aliphatic heterocycles. The third kappa shape index (κ3) is 2.98. The fourth-order valence-corrected chi connectivity index (χ4v) is 3.68. The van der Waals surface area contributed by atoms with Gasteiger partial charge in [-0.3, -0.25) is 19.8 Å². The molecule has 1 aromatic heterocycles. The molecule has 0 spiro atoms. The number of hydrogen-bond donors (Lipinski definition) is 2. The molecule has 3 aliphatic rings. The molecule has 8 heteroatoms. The van der Waals surface area contributed by atoms with Crippen molar-refractivity contribution < 1.29 is 14.4 Å². The van der Waals surface area contributed by atoms with Gasteiger partial charge in [-0.1, -0.05) is 6.58 Å². The molecule has 4 bridgehead atoms. The first-order valence-corrected chi connectivity index (χ1v) is 9.70. The van der Waals surface area contributed by atoms with Crippen molar-refractivity contribution in [1.29, 1.82) is 0 Å². The summed E-state index contributed by atoms with van der Waals surface area (Å²) < 4.78 is 1.70. The van der Waals surface area contributed by atoms with Gasteiger partial charge < -0.3 is 4.98 Å². The van der Waals surface area contributed by atoms with E-state index in [1.54, 1.807) is 12.1 Å². The summed E-state index contributed by atoms with van der Waals surface area (Å²) in [5.41, 5.74) is 6.97. The standard InChI is InChI=1S/C10H7IN2O2.C9H4BrNO/c1-6-9(14)12-13(10(6)15)8-4-2-7(11)3-5-8;10-6-3-5-4-1-2-7(5)11-8(4)9(6)12/h2-5H,1H2,(H,12,14);1-3,11H. The van der Waals surface area contributed by atoms with E-state index >= 15 is 0 Å². The first kappa shape index (κ1) is 17.9. The minimum absolute atomic E-state index is 0.0337. The zero-order valence-corrected chi connectivity index (χ0v) is 17.4. The first-order valence-electron chi connectivity index (χ1n) is 7.82. The van der Waals surface area contributed by atoms with Gasteiger partial charge in [0.1, 0.15) is 5.57 Å². The van der Waals surface area contributed by atoms with E-state index in [2.05, 4.69) is 55.5 Å². The number of hydrogen-bond acceptors (Lipinski definition) is 3. The summed E-state index contributed by atoms with van der Waals surface area (Å²) >= 11 is 5.40. The molecule has 134 valence electrons. The molecule has 2 aromatic rings. The highest BCUT2D eigenvalue weighted by atomic mass is 127. The molecule has 6 nitrogen and oxygen atoms in total. The average Bonchev–Trinajstić information content (AvgIpc) is 3.27. The van der Waals surface area contributed by atoms with Crippen LogP contribution in [0.4, 0.5) is 5.69 Å². The summed E-state index contributed by atoms with van der Waals surface area (Å²) in [6, 6.07) is 7.24. The zero-order chi connectivity index (χ0) is 19.3. The Morgan fingerprint density at radius 3 is 2.37 bits per heavy atom. The monoisotopic (exact) mass is 535 g/mol. The molecule has 5 rings (SSSR count). The van der Waals surface area contributed by atoms with E-state index < -0.39 is 11.8 Å². The van der Waals surface area contributed by atoms with Gasteiger partial charge in [-0.25, -0.2) is 5.01 Å². The summed E-state index contributed by atoms with van der Waals surface area (Å²) in [6.07, 6.45) is 5.84. The molecule has 2 heterocycles. The van der Waals surface area contributed by atoms with Crippen LogP contribution in [0.15, 0.2) is 40.9 Å². The van der Waals surface area contributed by atoms with E-state index in [0.29, 0.717) is 10.2 Å². The number of nitrogens with one attached hydrogen (secondary N) is 2. The van der Waals surface area contributed by atoms with Crippen molar-refractivity contribution in [2.75, 3.05) is 5.01 Å². The number of aromatic amines is 1. The number of carbonyl (C=O) groups is 3. The van der Waals surface area contributed by atoms with Crippen LogP contribution in [0, 0.1) is 3.57 Å². The lowest BCUT2D eigenvalue weighted by molar-refractivity contribution is -0.117. The number of benzene rings is 1. The molecule has 0 saturated carbocycles. The minimum Gasteiger partial charge on any atom is -0.351 e. The van der Waals surface area contributed by atoms with Crippen molar-refractivity contribution in [2.24, 2.45) is 0 Å². The van der Waals surface area contributed by atoms with Gasteiger partial charge in [0, 0.05) is 20.4 Å². The van der Waals surface area contributed by atoms with Crippen LogP contribution in [-0.2, 0) is 9.59 Å². The number of nitrogens with zero attached hydrogens (tertiary/aromatic N) is 1. The third-order valence-electron chi connectivity index (χ3n) is 4.27. The summed E-state index contributed by atoms with van der Waals surface area (Å²) in [5, 5.41) is 1.20. The maximum atomic E-state index is 11.5. The van der Waals surface area contributed by atoms with Gasteiger partial charge in [0.2, 0.25) is 5.78 Å². The van der Waals surface area contributed by atoms with Gasteiger partial charge in [0.25, 0.3) is 11.8 Å². The fraction of sp³-hybridized carbons (Fsp3) is 0. The average molecular weight is 536 g/mol. The second-order valence-corrected chi connectivity index (χ2v) is 8.03. The Balaban J connectivity index is 0.000000136.